The van der Waals surface area contributed by atoms with Gasteiger partial charge < -0.3 is 5.32 Å². The number of carbonyl (C=O) groups is 1. The van der Waals surface area contributed by atoms with E-state index in [-0.39, 0.29) is 11.9 Å². The number of hydrogen-bond donors (Lipinski definition) is 1. The summed E-state index contributed by atoms with van der Waals surface area (Å²) in [4.78, 5) is 18.6. The number of hydrogen-bond acceptors (Lipinski definition) is 5. The van der Waals surface area contributed by atoms with Crippen LogP contribution in [0, 0.1) is 12.8 Å². The van der Waals surface area contributed by atoms with Crippen LogP contribution in [0.2, 0.25) is 0 Å². The van der Waals surface area contributed by atoms with Crippen LogP contribution in [0.25, 0.3) is 11.4 Å². The Balaban J connectivity index is 1.52. The van der Waals surface area contributed by atoms with Crippen molar-refractivity contribution in [3.05, 3.63) is 59.4 Å². The maximum atomic E-state index is 12.7. The minimum atomic E-state index is -0.0920. The summed E-state index contributed by atoms with van der Waals surface area (Å²) < 4.78 is 0. The van der Waals surface area contributed by atoms with Crippen molar-refractivity contribution in [3.63, 3.8) is 0 Å². The lowest BCUT2D eigenvalue weighted by Crippen LogP contribution is -2.31. The van der Waals surface area contributed by atoms with Gasteiger partial charge in [-0.1, -0.05) is 18.2 Å². The molecular formula is C19H20N6O. The molecule has 0 saturated heterocycles. The van der Waals surface area contributed by atoms with E-state index < -0.39 is 0 Å². The molecule has 26 heavy (non-hydrogen) atoms. The fourth-order valence-electron chi connectivity index (χ4n) is 3.06. The largest absolute Gasteiger partial charge is 0.343 e. The average Bonchev–Trinajstić information content (AvgIpc) is 3.41. The second kappa shape index (κ2) is 6.67. The number of aromatic nitrogens is 5. The number of nitrogens with zero attached hydrogens (tertiary/aromatic N) is 5. The predicted molar refractivity (Wildman–Crippen MR) is 96.1 cm³/mol. The molecule has 0 aliphatic heterocycles. The van der Waals surface area contributed by atoms with Crippen molar-refractivity contribution in [1.82, 2.24) is 30.5 Å². The monoisotopic (exact) mass is 348 g/mol. The normalized spacial score (nSPS) is 14.8. The lowest BCUT2D eigenvalue weighted by Gasteiger charge is -2.19. The van der Waals surface area contributed by atoms with E-state index in [4.69, 9.17) is 0 Å². The van der Waals surface area contributed by atoms with Gasteiger partial charge in [-0.15, -0.1) is 10.2 Å². The maximum absolute atomic E-state index is 12.7. The van der Waals surface area contributed by atoms with Gasteiger partial charge in [-0.2, -0.15) is 4.80 Å². The van der Waals surface area contributed by atoms with E-state index in [0.29, 0.717) is 17.3 Å². The molecule has 0 unspecified atom stereocenters. The van der Waals surface area contributed by atoms with E-state index in [9.17, 15) is 4.79 Å². The number of carbonyl (C=O) groups excluding carboxylic acids is 1. The van der Waals surface area contributed by atoms with Crippen LogP contribution in [0.1, 0.15) is 40.5 Å². The molecule has 2 aromatic heterocycles. The molecule has 1 aliphatic carbocycles. The summed E-state index contributed by atoms with van der Waals surface area (Å²) in [5.74, 6) is 0.917. The minimum absolute atomic E-state index is 0.0370. The van der Waals surface area contributed by atoms with Gasteiger partial charge in [0.15, 0.2) is 0 Å². The molecule has 0 radical (unpaired) electrons. The van der Waals surface area contributed by atoms with Crippen molar-refractivity contribution < 1.29 is 4.79 Å². The molecule has 0 spiro atoms. The Morgan fingerprint density at radius 3 is 2.62 bits per heavy atom. The summed E-state index contributed by atoms with van der Waals surface area (Å²) in [7, 11) is 1.72. The molecule has 0 bridgehead atoms. The summed E-state index contributed by atoms with van der Waals surface area (Å²) in [5, 5.41) is 15.1. The van der Waals surface area contributed by atoms with Gasteiger partial charge in [-0.05, 0) is 54.7 Å². The van der Waals surface area contributed by atoms with E-state index >= 15 is 0 Å². The zero-order valence-corrected chi connectivity index (χ0v) is 14.8. The van der Waals surface area contributed by atoms with Gasteiger partial charge in [0.1, 0.15) is 0 Å². The van der Waals surface area contributed by atoms with Gasteiger partial charge in [0.2, 0.25) is 5.82 Å². The Morgan fingerprint density at radius 1 is 1.23 bits per heavy atom. The third kappa shape index (κ3) is 3.33. The molecule has 7 heteroatoms. The van der Waals surface area contributed by atoms with E-state index in [1.807, 2.05) is 31.2 Å². The highest BCUT2D eigenvalue weighted by Gasteiger charge is 2.35. The SMILES string of the molecule is Cc1cccnc1[C@H](NC(=O)c1ccc(-c2nnn(C)n2)cc1)C1CC1. The average molecular weight is 348 g/mol. The van der Waals surface area contributed by atoms with Gasteiger partial charge in [0.25, 0.3) is 5.91 Å². The van der Waals surface area contributed by atoms with Crippen molar-refractivity contribution >= 4 is 5.91 Å². The van der Waals surface area contributed by atoms with E-state index in [1.54, 1.807) is 25.4 Å². The van der Waals surface area contributed by atoms with Crippen LogP contribution in [0.3, 0.4) is 0 Å². The second-order valence-electron chi connectivity index (χ2n) is 6.67. The number of pyridine rings is 1. The summed E-state index contributed by atoms with van der Waals surface area (Å²) in [6, 6.07) is 11.2. The zero-order valence-electron chi connectivity index (χ0n) is 14.8. The Morgan fingerprint density at radius 2 is 2.00 bits per heavy atom. The first-order valence-corrected chi connectivity index (χ1v) is 8.68. The van der Waals surface area contributed by atoms with E-state index in [1.165, 1.54) is 4.80 Å². The molecule has 1 aromatic carbocycles. The van der Waals surface area contributed by atoms with Crippen molar-refractivity contribution in [2.24, 2.45) is 13.0 Å². The van der Waals surface area contributed by atoms with Gasteiger partial charge in [-0.25, -0.2) is 0 Å². The Labute approximate surface area is 151 Å². The first kappa shape index (κ1) is 16.4. The highest BCUT2D eigenvalue weighted by molar-refractivity contribution is 5.94. The first-order chi connectivity index (χ1) is 12.6. The van der Waals surface area contributed by atoms with Gasteiger partial charge >= 0.3 is 0 Å². The van der Waals surface area contributed by atoms with Crippen LogP contribution in [0.15, 0.2) is 42.6 Å². The lowest BCUT2D eigenvalue weighted by atomic mass is 10.0. The van der Waals surface area contributed by atoms with Crippen LogP contribution in [0.5, 0.6) is 0 Å². The third-order valence-corrected chi connectivity index (χ3v) is 4.64. The fourth-order valence-corrected chi connectivity index (χ4v) is 3.06. The van der Waals surface area contributed by atoms with Crippen molar-refractivity contribution in [3.8, 4) is 11.4 Å². The van der Waals surface area contributed by atoms with Crippen LogP contribution in [-0.2, 0) is 7.05 Å². The zero-order chi connectivity index (χ0) is 18.1. The molecule has 1 N–H and O–H groups in total. The molecule has 7 nitrogen and oxygen atoms in total. The van der Waals surface area contributed by atoms with Gasteiger partial charge in [0, 0.05) is 17.3 Å². The molecule has 1 fully saturated rings. The van der Waals surface area contributed by atoms with E-state index in [2.05, 4.69) is 25.7 Å². The summed E-state index contributed by atoms with van der Waals surface area (Å²) >= 11 is 0. The number of nitrogens with one attached hydrogen (secondary N) is 1. The van der Waals surface area contributed by atoms with Crippen LogP contribution in [0.4, 0.5) is 0 Å². The number of aryl methyl sites for hydroxylation is 2. The first-order valence-electron chi connectivity index (χ1n) is 8.68. The molecule has 3 aromatic rings. The highest BCUT2D eigenvalue weighted by atomic mass is 16.1. The standard InChI is InChI=1S/C19H20N6O/c1-12-4-3-11-20-16(12)17(13-5-6-13)21-19(26)15-9-7-14(8-10-15)18-22-24-25(2)23-18/h3-4,7-11,13,17H,5-6H2,1-2H3,(H,21,26)/t17-/m1/s1. The quantitative estimate of drug-likeness (QED) is 0.765. The molecule has 1 amide bonds. The molecule has 132 valence electrons. The fraction of sp³-hybridized carbons (Fsp3) is 0.316. The van der Waals surface area contributed by atoms with Crippen molar-refractivity contribution in [1.29, 1.82) is 0 Å². The Bertz CT molecular complexity index is 929. The number of amides is 1. The van der Waals surface area contributed by atoms with Gasteiger partial charge in [-0.3, -0.25) is 9.78 Å². The smallest absolute Gasteiger partial charge is 0.251 e. The molecule has 2 heterocycles. The second-order valence-corrected chi connectivity index (χ2v) is 6.67. The summed E-state index contributed by atoms with van der Waals surface area (Å²) in [6.45, 7) is 2.03. The predicted octanol–water partition coefficient (Wildman–Crippen LogP) is 2.46. The maximum Gasteiger partial charge on any atom is 0.251 e. The highest BCUT2D eigenvalue weighted by Crippen LogP contribution is 2.41. The van der Waals surface area contributed by atoms with Crippen LogP contribution >= 0.6 is 0 Å². The van der Waals surface area contributed by atoms with Crippen LogP contribution < -0.4 is 5.32 Å². The molecule has 1 saturated carbocycles. The topological polar surface area (TPSA) is 85.6 Å². The summed E-state index contributed by atoms with van der Waals surface area (Å²) in [6.07, 6.45) is 4.03. The Hall–Kier alpha value is -3.09. The molecular weight excluding hydrogens is 328 g/mol. The number of tetrazole rings is 1. The third-order valence-electron chi connectivity index (χ3n) is 4.64. The molecule has 4 rings (SSSR count). The molecule has 1 aliphatic rings. The van der Waals surface area contributed by atoms with E-state index in [0.717, 1.165) is 29.7 Å². The number of rotatable bonds is 5. The van der Waals surface area contributed by atoms with Crippen LogP contribution in [-0.4, -0.2) is 31.1 Å². The Kier molecular flexibility index (Phi) is 4.20. The molecule has 1 atom stereocenters. The van der Waals surface area contributed by atoms with Crippen molar-refractivity contribution in [2.75, 3.05) is 0 Å². The lowest BCUT2D eigenvalue weighted by molar-refractivity contribution is 0.0930. The summed E-state index contributed by atoms with van der Waals surface area (Å²) in [5.41, 5.74) is 3.50. The van der Waals surface area contributed by atoms with Crippen molar-refractivity contribution in [2.45, 2.75) is 25.8 Å². The number of benzene rings is 1. The minimum Gasteiger partial charge on any atom is -0.343 e. The van der Waals surface area contributed by atoms with Gasteiger partial charge in [0.05, 0.1) is 18.8 Å².